The van der Waals surface area contributed by atoms with Gasteiger partial charge in [-0.15, -0.1) is 0 Å². The van der Waals surface area contributed by atoms with Crippen LogP contribution in [0.1, 0.15) is 93.0 Å². The summed E-state index contributed by atoms with van der Waals surface area (Å²) in [5, 5.41) is 0. The molecule has 258 valence electrons. The summed E-state index contributed by atoms with van der Waals surface area (Å²) in [6, 6.07) is 33.5. The van der Waals surface area contributed by atoms with Gasteiger partial charge in [-0.3, -0.25) is 9.59 Å². The lowest BCUT2D eigenvalue weighted by Gasteiger charge is -2.26. The van der Waals surface area contributed by atoms with Crippen LogP contribution in [-0.4, -0.2) is 36.7 Å². The zero-order valence-electron chi connectivity index (χ0n) is 28.8. The Bertz CT molecular complexity index is 1670. The van der Waals surface area contributed by atoms with Crippen molar-refractivity contribution in [3.8, 4) is 0 Å². The lowest BCUT2D eigenvalue weighted by atomic mass is 9.93. The third kappa shape index (κ3) is 9.62. The second-order valence-electron chi connectivity index (χ2n) is 13.5. The molecule has 2 heterocycles. The van der Waals surface area contributed by atoms with E-state index in [1.54, 1.807) is 19.9 Å². The van der Waals surface area contributed by atoms with Gasteiger partial charge in [0, 0.05) is 55.3 Å². The summed E-state index contributed by atoms with van der Waals surface area (Å²) in [7, 11) is 0. The fraction of sp³-hybridized carbons (Fsp3) is 0.381. The largest absolute Gasteiger partial charge is 0.416 e. The summed E-state index contributed by atoms with van der Waals surface area (Å²) in [6.07, 6.45) is 1.47. The zero-order chi connectivity index (χ0) is 35.0. The van der Waals surface area contributed by atoms with Crippen molar-refractivity contribution < 1.29 is 22.8 Å². The van der Waals surface area contributed by atoms with Gasteiger partial charge in [0.25, 0.3) is 0 Å². The van der Waals surface area contributed by atoms with E-state index in [1.807, 2.05) is 24.3 Å². The molecule has 0 aliphatic carbocycles. The highest BCUT2D eigenvalue weighted by atomic mass is 19.4. The van der Waals surface area contributed by atoms with Gasteiger partial charge in [-0.25, -0.2) is 0 Å². The van der Waals surface area contributed by atoms with Crippen LogP contribution in [0.5, 0.6) is 0 Å². The normalized spacial score (nSPS) is 18.2. The number of anilines is 2. The molecule has 3 atom stereocenters. The fourth-order valence-electron chi connectivity index (χ4n) is 7.30. The molecular formula is C42H47F3N2O2. The molecule has 0 bridgehead atoms. The smallest absolute Gasteiger partial charge is 0.368 e. The standard InChI is InChI=1S/C21H22F3NO.C21H25NO/c1-15(26)13-19-6-4-12-25(19)18-10-8-16(9-11-18)14-17-5-2-3-7-20(17)21(22,23)24;1-16(23)15-21-9-6-14-22(21)20-12-10-19(11-13-20)17(2)18-7-4-3-5-8-18/h2-3,5,7-11,19H,4,6,12-14H2,1H3;3-5,7-8,10-13,17,21H,6,9,14-15H2,1-2H3. The van der Waals surface area contributed by atoms with Gasteiger partial charge in [-0.2, -0.15) is 13.2 Å². The van der Waals surface area contributed by atoms with Crippen LogP contribution in [-0.2, 0) is 22.2 Å². The molecule has 4 aromatic rings. The van der Waals surface area contributed by atoms with Gasteiger partial charge in [-0.05, 0) is 98.5 Å². The molecule has 0 N–H and O–H groups in total. The van der Waals surface area contributed by atoms with Crippen molar-refractivity contribution in [1.82, 2.24) is 0 Å². The first-order valence-corrected chi connectivity index (χ1v) is 17.4. The van der Waals surface area contributed by atoms with E-state index in [-0.39, 0.29) is 29.6 Å². The molecule has 6 rings (SSSR count). The Labute approximate surface area is 289 Å². The maximum Gasteiger partial charge on any atom is 0.416 e. The first-order valence-electron chi connectivity index (χ1n) is 17.4. The van der Waals surface area contributed by atoms with Crippen molar-refractivity contribution in [3.05, 3.63) is 131 Å². The van der Waals surface area contributed by atoms with E-state index in [4.69, 9.17) is 0 Å². The Balaban J connectivity index is 0.000000192. The molecule has 4 nitrogen and oxygen atoms in total. The summed E-state index contributed by atoms with van der Waals surface area (Å²) in [5.74, 6) is 0.871. The van der Waals surface area contributed by atoms with E-state index in [0.29, 0.717) is 24.8 Å². The summed E-state index contributed by atoms with van der Waals surface area (Å²) in [5.41, 5.74) is 5.50. The number of alkyl halides is 3. The minimum absolute atomic E-state index is 0.183. The lowest BCUT2D eigenvalue weighted by Crippen LogP contribution is -2.30. The van der Waals surface area contributed by atoms with Crippen molar-refractivity contribution in [2.24, 2.45) is 0 Å². The number of nitrogens with zero attached hydrogens (tertiary/aromatic N) is 2. The topological polar surface area (TPSA) is 40.6 Å². The molecule has 4 aromatic carbocycles. The van der Waals surface area contributed by atoms with E-state index < -0.39 is 11.7 Å². The number of carbonyl (C=O) groups excluding carboxylic acids is 2. The van der Waals surface area contributed by atoms with Gasteiger partial charge >= 0.3 is 6.18 Å². The number of carbonyl (C=O) groups is 2. The molecule has 49 heavy (non-hydrogen) atoms. The molecule has 2 fully saturated rings. The number of halogens is 3. The first kappa shape index (κ1) is 35.9. The summed E-state index contributed by atoms with van der Waals surface area (Å²) < 4.78 is 39.4. The minimum atomic E-state index is -4.34. The minimum Gasteiger partial charge on any atom is -0.368 e. The Hall–Kier alpha value is -4.39. The molecule has 0 saturated carbocycles. The van der Waals surface area contributed by atoms with Gasteiger partial charge in [0.05, 0.1) is 5.56 Å². The van der Waals surface area contributed by atoms with Gasteiger partial charge in [0.2, 0.25) is 0 Å². The summed E-state index contributed by atoms with van der Waals surface area (Å²) in [4.78, 5) is 27.5. The van der Waals surface area contributed by atoms with Gasteiger partial charge in [0.15, 0.2) is 0 Å². The lowest BCUT2D eigenvalue weighted by molar-refractivity contribution is -0.138. The van der Waals surface area contributed by atoms with Crippen molar-refractivity contribution in [2.45, 2.75) is 89.9 Å². The Kier molecular flexibility index (Phi) is 12.0. The second kappa shape index (κ2) is 16.3. The quantitative estimate of drug-likeness (QED) is 0.169. The fourth-order valence-corrected chi connectivity index (χ4v) is 7.30. The van der Waals surface area contributed by atoms with Crippen molar-refractivity contribution in [1.29, 1.82) is 0 Å². The number of hydrogen-bond acceptors (Lipinski definition) is 4. The predicted octanol–water partition coefficient (Wildman–Crippen LogP) is 10.0. The first-order chi connectivity index (χ1) is 23.5. The van der Waals surface area contributed by atoms with Crippen molar-refractivity contribution >= 4 is 22.9 Å². The Morgan fingerprint density at radius 2 is 1.14 bits per heavy atom. The van der Waals surface area contributed by atoms with Gasteiger partial charge in [-0.1, -0.05) is 79.7 Å². The van der Waals surface area contributed by atoms with Crippen molar-refractivity contribution in [2.75, 3.05) is 22.9 Å². The van der Waals surface area contributed by atoms with Crippen molar-refractivity contribution in [3.63, 3.8) is 0 Å². The highest BCUT2D eigenvalue weighted by Crippen LogP contribution is 2.34. The van der Waals surface area contributed by atoms with Gasteiger partial charge < -0.3 is 9.80 Å². The third-order valence-corrected chi connectivity index (χ3v) is 9.81. The van der Waals surface area contributed by atoms with Crippen LogP contribution in [0.15, 0.2) is 103 Å². The van der Waals surface area contributed by atoms with E-state index in [9.17, 15) is 22.8 Å². The molecule has 7 heteroatoms. The van der Waals surface area contributed by atoms with E-state index in [2.05, 4.69) is 71.3 Å². The monoisotopic (exact) mass is 668 g/mol. The SMILES string of the molecule is CC(=O)CC1CCCN1c1ccc(C(C)c2ccccc2)cc1.CC(=O)CC1CCCN1c1ccc(Cc2ccccc2C(F)(F)F)cc1. The van der Waals surface area contributed by atoms with Crippen LogP contribution in [0.25, 0.3) is 0 Å². The molecular weight excluding hydrogens is 621 g/mol. The average molecular weight is 669 g/mol. The Morgan fingerprint density at radius 3 is 1.65 bits per heavy atom. The number of Topliss-reactive ketones (excluding diaryl/α,β-unsaturated/α-hetero) is 2. The highest BCUT2D eigenvalue weighted by Gasteiger charge is 2.33. The second-order valence-corrected chi connectivity index (χ2v) is 13.5. The number of benzene rings is 4. The maximum atomic E-state index is 13.1. The molecule has 0 amide bonds. The third-order valence-electron chi connectivity index (χ3n) is 9.81. The predicted molar refractivity (Wildman–Crippen MR) is 192 cm³/mol. The van der Waals surface area contributed by atoms with E-state index in [0.717, 1.165) is 49.7 Å². The number of rotatable bonds is 10. The van der Waals surface area contributed by atoms with E-state index >= 15 is 0 Å². The number of ketones is 2. The molecule has 0 spiro atoms. The molecule has 2 saturated heterocycles. The van der Waals surface area contributed by atoms with Crippen LogP contribution in [0.3, 0.4) is 0 Å². The highest BCUT2D eigenvalue weighted by molar-refractivity contribution is 5.77. The van der Waals surface area contributed by atoms with E-state index in [1.165, 1.54) is 35.4 Å². The van der Waals surface area contributed by atoms with Crippen LogP contribution in [0.4, 0.5) is 24.5 Å². The summed E-state index contributed by atoms with van der Waals surface area (Å²) in [6.45, 7) is 7.53. The van der Waals surface area contributed by atoms with Crippen LogP contribution in [0.2, 0.25) is 0 Å². The zero-order valence-corrected chi connectivity index (χ0v) is 28.8. The van der Waals surface area contributed by atoms with Gasteiger partial charge in [0.1, 0.15) is 11.6 Å². The van der Waals surface area contributed by atoms with Crippen LogP contribution in [0, 0.1) is 0 Å². The summed E-state index contributed by atoms with van der Waals surface area (Å²) >= 11 is 0. The molecule has 3 unspecified atom stereocenters. The van der Waals surface area contributed by atoms with Crippen LogP contribution >= 0.6 is 0 Å². The average Bonchev–Trinajstić information content (AvgIpc) is 3.74. The molecule has 2 aliphatic rings. The maximum absolute atomic E-state index is 13.1. The van der Waals surface area contributed by atoms with Crippen LogP contribution < -0.4 is 9.80 Å². The molecule has 2 aliphatic heterocycles. The number of hydrogen-bond donors (Lipinski definition) is 0. The Morgan fingerprint density at radius 1 is 0.673 bits per heavy atom. The molecule has 0 aromatic heterocycles. The molecule has 0 radical (unpaired) electrons.